The fourth-order valence-electron chi connectivity index (χ4n) is 1.70. The molecule has 0 saturated heterocycles. The quantitative estimate of drug-likeness (QED) is 0.947. The molecular weight excluding hydrogens is 286 g/mol. The summed E-state index contributed by atoms with van der Waals surface area (Å²) >= 11 is 5.20. The summed E-state index contributed by atoms with van der Waals surface area (Å²) in [5.74, 6) is 0. The van der Waals surface area contributed by atoms with Crippen molar-refractivity contribution in [2.24, 2.45) is 5.73 Å². The van der Waals surface area contributed by atoms with E-state index in [0.29, 0.717) is 6.54 Å². The molecule has 2 aromatic rings. The van der Waals surface area contributed by atoms with Crippen LogP contribution in [0.4, 0.5) is 0 Å². The van der Waals surface area contributed by atoms with Crippen molar-refractivity contribution in [3.63, 3.8) is 0 Å². The second-order valence-electron chi connectivity index (χ2n) is 3.72. The Morgan fingerprint density at radius 2 is 2.25 bits per heavy atom. The van der Waals surface area contributed by atoms with Gasteiger partial charge in [-0.25, -0.2) is 4.98 Å². The number of hydrogen-bond acceptors (Lipinski definition) is 3. The van der Waals surface area contributed by atoms with E-state index >= 15 is 0 Å². The fraction of sp³-hybridized carbons (Fsp3) is 0.364. The lowest BCUT2D eigenvalue weighted by Gasteiger charge is -2.16. The molecule has 0 bridgehead atoms. The van der Waals surface area contributed by atoms with E-state index in [1.807, 2.05) is 13.3 Å². The van der Waals surface area contributed by atoms with Gasteiger partial charge in [0.2, 0.25) is 0 Å². The molecule has 2 N–H and O–H groups in total. The third-order valence-corrected chi connectivity index (χ3v) is 4.49. The van der Waals surface area contributed by atoms with E-state index in [0.717, 1.165) is 9.48 Å². The van der Waals surface area contributed by atoms with Crippen molar-refractivity contribution in [2.45, 2.75) is 19.9 Å². The smallest absolute Gasteiger partial charge is 0.0957 e. The van der Waals surface area contributed by atoms with E-state index in [2.05, 4.69) is 44.5 Å². The number of aryl methyl sites for hydroxylation is 1. The van der Waals surface area contributed by atoms with Crippen molar-refractivity contribution in [3.8, 4) is 0 Å². The largest absolute Gasteiger partial charge is 0.328 e. The van der Waals surface area contributed by atoms with Crippen molar-refractivity contribution >= 4 is 27.3 Å². The molecule has 2 rings (SSSR count). The predicted molar refractivity (Wildman–Crippen MR) is 70.9 cm³/mol. The maximum absolute atomic E-state index is 5.87. The molecule has 5 heteroatoms. The Kier molecular flexibility index (Phi) is 3.47. The van der Waals surface area contributed by atoms with Gasteiger partial charge in [-0.15, -0.1) is 11.3 Å². The van der Waals surface area contributed by atoms with Gasteiger partial charge in [-0.05, 0) is 41.9 Å². The minimum atomic E-state index is 0.192. The summed E-state index contributed by atoms with van der Waals surface area (Å²) in [4.78, 5) is 5.58. The molecular formula is C11H14BrN3S. The van der Waals surface area contributed by atoms with Gasteiger partial charge in [0, 0.05) is 17.1 Å². The molecule has 16 heavy (non-hydrogen) atoms. The van der Waals surface area contributed by atoms with E-state index in [4.69, 9.17) is 5.73 Å². The SMILES string of the molecule is Cc1ncn(C(CN)c2ccc(Br)s2)c1C. The van der Waals surface area contributed by atoms with Crippen LogP contribution >= 0.6 is 27.3 Å². The van der Waals surface area contributed by atoms with Crippen LogP contribution in [0, 0.1) is 13.8 Å². The number of imidazole rings is 1. The van der Waals surface area contributed by atoms with Crippen LogP contribution in [-0.4, -0.2) is 16.1 Å². The first-order valence-corrected chi connectivity index (χ1v) is 6.69. The highest BCUT2D eigenvalue weighted by Crippen LogP contribution is 2.30. The molecule has 0 radical (unpaired) electrons. The highest BCUT2D eigenvalue weighted by Gasteiger charge is 2.16. The molecule has 3 nitrogen and oxygen atoms in total. The van der Waals surface area contributed by atoms with E-state index in [1.54, 1.807) is 11.3 Å². The molecule has 0 aliphatic rings. The zero-order chi connectivity index (χ0) is 11.7. The molecule has 0 saturated carbocycles. The standard InChI is InChI=1S/C11H14BrN3S/c1-7-8(2)15(6-14-7)9(5-13)10-3-4-11(12)16-10/h3-4,6,9H,5,13H2,1-2H3. The van der Waals surface area contributed by atoms with Gasteiger partial charge in [0.15, 0.2) is 0 Å². The van der Waals surface area contributed by atoms with Crippen LogP contribution in [0.1, 0.15) is 22.3 Å². The summed E-state index contributed by atoms with van der Waals surface area (Å²) in [6.45, 7) is 4.68. The summed E-state index contributed by atoms with van der Waals surface area (Å²) in [6.07, 6.45) is 1.87. The van der Waals surface area contributed by atoms with Gasteiger partial charge in [-0.2, -0.15) is 0 Å². The highest BCUT2D eigenvalue weighted by atomic mass is 79.9. The van der Waals surface area contributed by atoms with E-state index in [1.165, 1.54) is 10.6 Å². The molecule has 0 aromatic carbocycles. The summed E-state index contributed by atoms with van der Waals surface area (Å²) in [7, 11) is 0. The third kappa shape index (κ3) is 2.07. The van der Waals surface area contributed by atoms with Gasteiger partial charge >= 0.3 is 0 Å². The number of halogens is 1. The molecule has 1 unspecified atom stereocenters. The molecule has 0 aliphatic heterocycles. The molecule has 0 fully saturated rings. The third-order valence-electron chi connectivity index (χ3n) is 2.77. The lowest BCUT2D eigenvalue weighted by Crippen LogP contribution is -2.19. The molecule has 2 heterocycles. The molecule has 0 amide bonds. The molecule has 0 aliphatic carbocycles. The van der Waals surface area contributed by atoms with E-state index in [9.17, 15) is 0 Å². The van der Waals surface area contributed by atoms with Crippen LogP contribution in [0.5, 0.6) is 0 Å². The Bertz CT molecular complexity index is 489. The topological polar surface area (TPSA) is 43.8 Å². The number of rotatable bonds is 3. The first-order valence-electron chi connectivity index (χ1n) is 5.08. The molecule has 2 aromatic heterocycles. The average Bonchev–Trinajstić information content (AvgIpc) is 2.81. The summed E-state index contributed by atoms with van der Waals surface area (Å²) < 4.78 is 3.28. The molecule has 86 valence electrons. The predicted octanol–water partition coefficient (Wildman–Crippen LogP) is 2.87. The van der Waals surface area contributed by atoms with Gasteiger partial charge in [0.1, 0.15) is 0 Å². The van der Waals surface area contributed by atoms with Crippen LogP contribution < -0.4 is 5.73 Å². The van der Waals surface area contributed by atoms with Crippen LogP contribution in [0.2, 0.25) is 0 Å². The van der Waals surface area contributed by atoms with Crippen LogP contribution in [0.25, 0.3) is 0 Å². The second kappa shape index (κ2) is 4.69. The number of hydrogen-bond donors (Lipinski definition) is 1. The van der Waals surface area contributed by atoms with Gasteiger partial charge in [-0.3, -0.25) is 0 Å². The van der Waals surface area contributed by atoms with Gasteiger partial charge < -0.3 is 10.3 Å². The lowest BCUT2D eigenvalue weighted by molar-refractivity contribution is 0.590. The Morgan fingerprint density at radius 1 is 1.50 bits per heavy atom. The minimum absolute atomic E-state index is 0.192. The Morgan fingerprint density at radius 3 is 2.69 bits per heavy atom. The first-order chi connectivity index (χ1) is 7.63. The van der Waals surface area contributed by atoms with Crippen molar-refractivity contribution in [1.82, 2.24) is 9.55 Å². The van der Waals surface area contributed by atoms with Gasteiger partial charge in [0.25, 0.3) is 0 Å². The monoisotopic (exact) mass is 299 g/mol. The van der Waals surface area contributed by atoms with Crippen molar-refractivity contribution in [1.29, 1.82) is 0 Å². The first kappa shape index (κ1) is 11.8. The van der Waals surface area contributed by atoms with Crippen LogP contribution in [0.15, 0.2) is 22.2 Å². The fourth-order valence-corrected chi connectivity index (χ4v) is 3.24. The van der Waals surface area contributed by atoms with Crippen molar-refractivity contribution in [3.05, 3.63) is 38.5 Å². The molecule has 0 spiro atoms. The number of aromatic nitrogens is 2. The van der Waals surface area contributed by atoms with E-state index in [-0.39, 0.29) is 6.04 Å². The van der Waals surface area contributed by atoms with Crippen molar-refractivity contribution < 1.29 is 0 Å². The number of nitrogens with zero attached hydrogens (tertiary/aromatic N) is 2. The Balaban J connectivity index is 2.40. The number of thiophene rings is 1. The van der Waals surface area contributed by atoms with Gasteiger partial charge in [-0.1, -0.05) is 0 Å². The minimum Gasteiger partial charge on any atom is -0.328 e. The summed E-state index contributed by atoms with van der Waals surface area (Å²) in [5, 5.41) is 0. The van der Waals surface area contributed by atoms with E-state index < -0.39 is 0 Å². The zero-order valence-electron chi connectivity index (χ0n) is 9.27. The maximum atomic E-state index is 5.87. The normalized spacial score (nSPS) is 13.0. The average molecular weight is 300 g/mol. The Hall–Kier alpha value is -0.650. The maximum Gasteiger partial charge on any atom is 0.0957 e. The summed E-state index contributed by atoms with van der Waals surface area (Å²) in [6, 6.07) is 4.36. The van der Waals surface area contributed by atoms with Gasteiger partial charge in [0.05, 0.1) is 21.8 Å². The van der Waals surface area contributed by atoms with Crippen LogP contribution in [0.3, 0.4) is 0 Å². The highest BCUT2D eigenvalue weighted by molar-refractivity contribution is 9.11. The molecule has 1 atom stereocenters. The zero-order valence-corrected chi connectivity index (χ0v) is 11.7. The van der Waals surface area contributed by atoms with Crippen LogP contribution in [-0.2, 0) is 0 Å². The Labute approximate surface area is 107 Å². The lowest BCUT2D eigenvalue weighted by atomic mass is 10.2. The second-order valence-corrected chi connectivity index (χ2v) is 6.21. The van der Waals surface area contributed by atoms with Crippen molar-refractivity contribution in [2.75, 3.05) is 6.54 Å². The number of nitrogens with two attached hydrogens (primary N) is 1. The summed E-state index contributed by atoms with van der Waals surface area (Å²) in [5.41, 5.74) is 8.11.